The molecule has 4 aromatic rings. The highest BCUT2D eigenvalue weighted by Gasteiger charge is 2.12. The lowest BCUT2D eigenvalue weighted by Gasteiger charge is -2.04. The number of rotatable bonds is 4. The smallest absolute Gasteiger partial charge is 0.275 e. The van der Waals surface area contributed by atoms with Crippen LogP contribution in [-0.2, 0) is 0 Å². The minimum atomic E-state index is -0.250. The molecule has 0 aliphatic heterocycles. The van der Waals surface area contributed by atoms with Gasteiger partial charge in [-0.25, -0.2) is 9.67 Å². The van der Waals surface area contributed by atoms with Crippen molar-refractivity contribution < 1.29 is 4.79 Å². The van der Waals surface area contributed by atoms with Gasteiger partial charge < -0.3 is 9.88 Å². The summed E-state index contributed by atoms with van der Waals surface area (Å²) in [6.07, 6.45) is 5.28. The van der Waals surface area contributed by atoms with Gasteiger partial charge in [-0.2, -0.15) is 0 Å². The van der Waals surface area contributed by atoms with Gasteiger partial charge in [0, 0.05) is 23.5 Å². The third kappa shape index (κ3) is 2.79. The van der Waals surface area contributed by atoms with E-state index in [2.05, 4.69) is 25.8 Å². The number of nitrogens with one attached hydrogen (secondary N) is 1. The topological polar surface area (TPSA) is 90.5 Å². The summed E-state index contributed by atoms with van der Waals surface area (Å²) in [6, 6.07) is 11.0. The number of thiazole rings is 1. The summed E-state index contributed by atoms with van der Waals surface area (Å²) >= 11 is 1.41. The highest BCUT2D eigenvalue weighted by atomic mass is 32.1. The van der Waals surface area contributed by atoms with Crippen LogP contribution in [0.2, 0.25) is 0 Å². The number of tetrazole rings is 1. The Balaban J connectivity index is 1.48. The van der Waals surface area contributed by atoms with Crippen LogP contribution in [0, 0.1) is 0 Å². The summed E-state index contributed by atoms with van der Waals surface area (Å²) < 4.78 is 3.40. The van der Waals surface area contributed by atoms with Gasteiger partial charge in [0.05, 0.1) is 5.69 Å². The molecule has 9 heteroatoms. The Bertz CT molecular complexity index is 942. The molecule has 1 amide bonds. The fourth-order valence-corrected chi connectivity index (χ4v) is 2.89. The Morgan fingerprint density at radius 2 is 1.92 bits per heavy atom. The Morgan fingerprint density at radius 1 is 1.12 bits per heavy atom. The molecule has 3 heterocycles. The monoisotopic (exact) mass is 337 g/mol. The van der Waals surface area contributed by atoms with Gasteiger partial charge in [-0.05, 0) is 46.8 Å². The first-order chi connectivity index (χ1) is 11.8. The highest BCUT2D eigenvalue weighted by molar-refractivity contribution is 7.12. The molecule has 0 unspecified atom stereocenters. The van der Waals surface area contributed by atoms with Crippen molar-refractivity contribution in [2.75, 3.05) is 5.32 Å². The second kappa shape index (κ2) is 6.05. The zero-order chi connectivity index (χ0) is 16.4. The first-order valence-electron chi connectivity index (χ1n) is 7.03. The Hall–Kier alpha value is -3.33. The maximum Gasteiger partial charge on any atom is 0.275 e. The molecular weight excluding hydrogens is 326 g/mol. The molecule has 1 aromatic carbocycles. The lowest BCUT2D eigenvalue weighted by Crippen LogP contribution is -2.12. The lowest BCUT2D eigenvalue weighted by atomic mass is 10.2. The maximum absolute atomic E-state index is 12.3. The van der Waals surface area contributed by atoms with Gasteiger partial charge in [0.25, 0.3) is 5.91 Å². The van der Waals surface area contributed by atoms with E-state index in [1.165, 1.54) is 22.3 Å². The van der Waals surface area contributed by atoms with Crippen LogP contribution in [0.3, 0.4) is 0 Å². The molecule has 24 heavy (non-hydrogen) atoms. The number of benzene rings is 1. The minimum absolute atomic E-state index is 0.250. The van der Waals surface area contributed by atoms with Gasteiger partial charge in [-0.15, -0.1) is 16.4 Å². The van der Waals surface area contributed by atoms with Crippen LogP contribution in [0.5, 0.6) is 0 Å². The Kier molecular flexibility index (Phi) is 3.60. The minimum Gasteiger partial charge on any atom is -0.321 e. The second-order valence-electron chi connectivity index (χ2n) is 4.86. The van der Waals surface area contributed by atoms with Gasteiger partial charge in [-0.3, -0.25) is 4.79 Å². The van der Waals surface area contributed by atoms with E-state index < -0.39 is 0 Å². The summed E-state index contributed by atoms with van der Waals surface area (Å²) in [4.78, 5) is 16.6. The molecule has 1 N–H and O–H groups in total. The highest BCUT2D eigenvalue weighted by Crippen LogP contribution is 2.17. The first kappa shape index (κ1) is 14.3. The average Bonchev–Trinajstić information content (AvgIpc) is 3.35. The van der Waals surface area contributed by atoms with Crippen LogP contribution in [0.15, 0.2) is 60.5 Å². The van der Waals surface area contributed by atoms with Crippen molar-refractivity contribution >= 4 is 22.9 Å². The van der Waals surface area contributed by atoms with Crippen LogP contribution in [0.4, 0.5) is 5.69 Å². The van der Waals surface area contributed by atoms with Crippen molar-refractivity contribution in [1.82, 2.24) is 29.8 Å². The number of carbonyl (C=O) groups excluding carboxylic acids is 1. The van der Waals surface area contributed by atoms with E-state index in [9.17, 15) is 4.79 Å². The molecule has 3 aromatic heterocycles. The zero-order valence-corrected chi connectivity index (χ0v) is 13.1. The van der Waals surface area contributed by atoms with E-state index in [-0.39, 0.29) is 5.91 Å². The first-order valence-corrected chi connectivity index (χ1v) is 7.91. The Morgan fingerprint density at radius 3 is 2.62 bits per heavy atom. The van der Waals surface area contributed by atoms with Crippen molar-refractivity contribution in [2.45, 2.75) is 0 Å². The molecule has 0 saturated heterocycles. The third-order valence-electron chi connectivity index (χ3n) is 3.29. The number of anilines is 1. The molecule has 8 nitrogen and oxygen atoms in total. The van der Waals surface area contributed by atoms with E-state index in [1.807, 2.05) is 41.2 Å². The standard InChI is InChI=1S/C15H11N7OS/c23-14(13-9-24-15(18-13)21-7-1-2-8-21)17-11-3-5-12(6-4-11)22-10-16-19-20-22/h1-10H,(H,17,23). The number of amides is 1. The molecule has 4 rings (SSSR count). The molecule has 0 fully saturated rings. The van der Waals surface area contributed by atoms with Gasteiger partial charge in [0.2, 0.25) is 0 Å². The van der Waals surface area contributed by atoms with Crippen molar-refractivity contribution in [1.29, 1.82) is 0 Å². The fourth-order valence-electron chi connectivity index (χ4n) is 2.12. The number of hydrogen-bond acceptors (Lipinski definition) is 6. The Labute approximate surface area is 140 Å². The average molecular weight is 337 g/mol. The third-order valence-corrected chi connectivity index (χ3v) is 4.14. The van der Waals surface area contributed by atoms with E-state index in [1.54, 1.807) is 17.5 Å². The van der Waals surface area contributed by atoms with Crippen LogP contribution in [0.1, 0.15) is 10.5 Å². The SMILES string of the molecule is O=C(Nc1ccc(-n2cnnn2)cc1)c1csc(-n2cccc2)n1. The van der Waals surface area contributed by atoms with Crippen LogP contribution in [-0.4, -0.2) is 35.7 Å². The van der Waals surface area contributed by atoms with Crippen molar-refractivity contribution in [2.24, 2.45) is 0 Å². The van der Waals surface area contributed by atoms with Gasteiger partial charge >= 0.3 is 0 Å². The van der Waals surface area contributed by atoms with Crippen LogP contribution in [0.25, 0.3) is 10.8 Å². The van der Waals surface area contributed by atoms with Crippen molar-refractivity contribution in [3.63, 3.8) is 0 Å². The number of nitrogens with zero attached hydrogens (tertiary/aromatic N) is 6. The molecule has 0 atom stereocenters. The molecule has 0 spiro atoms. The molecule has 0 aliphatic carbocycles. The quantitative estimate of drug-likeness (QED) is 0.616. The second-order valence-corrected chi connectivity index (χ2v) is 5.70. The van der Waals surface area contributed by atoms with E-state index in [0.29, 0.717) is 11.4 Å². The van der Waals surface area contributed by atoms with Crippen LogP contribution >= 0.6 is 11.3 Å². The summed E-state index contributed by atoms with van der Waals surface area (Å²) in [5.74, 6) is -0.250. The van der Waals surface area contributed by atoms with Crippen molar-refractivity contribution in [3.05, 3.63) is 66.2 Å². The van der Waals surface area contributed by atoms with Crippen LogP contribution < -0.4 is 5.32 Å². The van der Waals surface area contributed by atoms with E-state index in [0.717, 1.165) is 10.8 Å². The number of hydrogen-bond donors (Lipinski definition) is 1. The van der Waals surface area contributed by atoms with Crippen molar-refractivity contribution in [3.8, 4) is 10.8 Å². The maximum atomic E-state index is 12.3. The number of carbonyl (C=O) groups is 1. The fraction of sp³-hybridized carbons (Fsp3) is 0. The summed E-state index contributed by atoms with van der Waals surface area (Å²) in [6.45, 7) is 0. The van der Waals surface area contributed by atoms with E-state index in [4.69, 9.17) is 0 Å². The molecule has 0 bridgehead atoms. The van der Waals surface area contributed by atoms with Gasteiger partial charge in [0.1, 0.15) is 12.0 Å². The summed E-state index contributed by atoms with van der Waals surface area (Å²) in [7, 11) is 0. The molecule has 0 radical (unpaired) electrons. The summed E-state index contributed by atoms with van der Waals surface area (Å²) in [5, 5.41) is 16.3. The lowest BCUT2D eigenvalue weighted by molar-refractivity contribution is 0.102. The van der Waals surface area contributed by atoms with Gasteiger partial charge in [-0.1, -0.05) is 0 Å². The normalized spacial score (nSPS) is 10.7. The number of aromatic nitrogens is 6. The predicted molar refractivity (Wildman–Crippen MR) is 88.5 cm³/mol. The molecular formula is C15H11N7OS. The predicted octanol–water partition coefficient (Wildman–Crippen LogP) is 2.16. The van der Waals surface area contributed by atoms with Gasteiger partial charge in [0.15, 0.2) is 5.13 Å². The molecule has 0 saturated carbocycles. The molecule has 118 valence electrons. The zero-order valence-electron chi connectivity index (χ0n) is 12.3. The molecule has 0 aliphatic rings. The largest absolute Gasteiger partial charge is 0.321 e. The van der Waals surface area contributed by atoms with E-state index >= 15 is 0 Å². The summed E-state index contributed by atoms with van der Waals surface area (Å²) in [5.41, 5.74) is 1.86.